The molecule has 0 unspecified atom stereocenters. The van der Waals surface area contributed by atoms with Crippen LogP contribution in [-0.2, 0) is 0 Å². The summed E-state index contributed by atoms with van der Waals surface area (Å²) >= 11 is 0. The molecule has 1 amide bonds. The van der Waals surface area contributed by atoms with Crippen molar-refractivity contribution in [1.82, 2.24) is 10.3 Å². The Hall–Kier alpha value is -1.58. The van der Waals surface area contributed by atoms with Crippen molar-refractivity contribution in [2.75, 3.05) is 6.54 Å². The van der Waals surface area contributed by atoms with Crippen LogP contribution in [0.2, 0.25) is 0 Å². The number of hydrogen-bond donors (Lipinski definition) is 2. The lowest BCUT2D eigenvalue weighted by Gasteiger charge is -1.99. The van der Waals surface area contributed by atoms with E-state index in [1.165, 1.54) is 12.3 Å². The summed E-state index contributed by atoms with van der Waals surface area (Å²) in [7, 11) is 0. The predicted octanol–water partition coefficient (Wildman–Crippen LogP) is 0.967. The second kappa shape index (κ2) is 4.45. The Bertz CT molecular complexity index is 304. The van der Waals surface area contributed by atoms with E-state index in [0.717, 1.165) is 6.42 Å². The largest absolute Gasteiger partial charge is 0.357 e. The number of hydrogen-bond acceptors (Lipinski definition) is 2. The number of nitrogens with one attached hydrogen (secondary N) is 2. The van der Waals surface area contributed by atoms with Gasteiger partial charge in [0.2, 0.25) is 0 Å². The Kier molecular flexibility index (Phi) is 3.25. The molecule has 0 aromatic carbocycles. The first-order valence-electron chi connectivity index (χ1n) is 4.19. The van der Waals surface area contributed by atoms with Gasteiger partial charge in [-0.05, 0) is 12.5 Å². The predicted molar refractivity (Wildman–Crippen MR) is 48.8 cm³/mol. The minimum absolute atomic E-state index is 0.171. The van der Waals surface area contributed by atoms with Crippen LogP contribution in [0.5, 0.6) is 0 Å². The van der Waals surface area contributed by atoms with Gasteiger partial charge in [0, 0.05) is 18.3 Å². The van der Waals surface area contributed by atoms with E-state index < -0.39 is 0 Å². The highest BCUT2D eigenvalue weighted by molar-refractivity contribution is 5.94. The van der Waals surface area contributed by atoms with E-state index in [4.69, 9.17) is 0 Å². The first-order chi connectivity index (χ1) is 6.27. The normalized spacial score (nSPS) is 9.62. The summed E-state index contributed by atoms with van der Waals surface area (Å²) in [5.41, 5.74) is 0.914. The van der Waals surface area contributed by atoms with Gasteiger partial charge in [-0.2, -0.15) is 0 Å². The maximum atomic E-state index is 11.3. The van der Waals surface area contributed by atoms with Crippen molar-refractivity contribution in [3.63, 3.8) is 0 Å². The molecule has 1 aromatic heterocycles. The van der Waals surface area contributed by atoms with Gasteiger partial charge in [-0.3, -0.25) is 9.59 Å². The van der Waals surface area contributed by atoms with E-state index >= 15 is 0 Å². The molecule has 1 rings (SSSR count). The number of aromatic nitrogens is 1. The van der Waals surface area contributed by atoms with Crippen molar-refractivity contribution >= 4 is 12.2 Å². The number of carbonyl (C=O) groups is 2. The molecule has 0 spiro atoms. The van der Waals surface area contributed by atoms with E-state index in [2.05, 4.69) is 10.3 Å². The van der Waals surface area contributed by atoms with E-state index in [1.54, 1.807) is 0 Å². The van der Waals surface area contributed by atoms with E-state index in [-0.39, 0.29) is 5.91 Å². The van der Waals surface area contributed by atoms with Crippen LogP contribution in [0.15, 0.2) is 12.3 Å². The molecular weight excluding hydrogens is 168 g/mol. The maximum absolute atomic E-state index is 11.3. The Morgan fingerprint density at radius 3 is 3.00 bits per heavy atom. The fourth-order valence-electron chi connectivity index (χ4n) is 0.944. The fourth-order valence-corrected chi connectivity index (χ4v) is 0.944. The van der Waals surface area contributed by atoms with Gasteiger partial charge in [0.05, 0.1) is 0 Å². The Balaban J connectivity index is 2.60. The van der Waals surface area contributed by atoms with Crippen molar-refractivity contribution in [2.24, 2.45) is 0 Å². The number of carbonyl (C=O) groups excluding carboxylic acids is 2. The van der Waals surface area contributed by atoms with Crippen LogP contribution >= 0.6 is 0 Å². The summed E-state index contributed by atoms with van der Waals surface area (Å²) in [5, 5.41) is 2.70. The first kappa shape index (κ1) is 9.51. The van der Waals surface area contributed by atoms with Crippen molar-refractivity contribution in [3.05, 3.63) is 23.5 Å². The minimum atomic E-state index is -0.171. The van der Waals surface area contributed by atoms with Gasteiger partial charge in [0.15, 0.2) is 6.29 Å². The summed E-state index contributed by atoms with van der Waals surface area (Å²) < 4.78 is 0. The van der Waals surface area contributed by atoms with Crippen LogP contribution in [-0.4, -0.2) is 23.7 Å². The molecule has 1 heterocycles. The lowest BCUT2D eigenvalue weighted by atomic mass is 10.3. The number of aromatic amines is 1. The topological polar surface area (TPSA) is 62.0 Å². The molecular formula is C9H12N2O2. The summed E-state index contributed by atoms with van der Waals surface area (Å²) in [6.07, 6.45) is 3.11. The molecule has 0 saturated carbocycles. The molecule has 0 atom stereocenters. The molecule has 0 fully saturated rings. The number of amides is 1. The van der Waals surface area contributed by atoms with Gasteiger partial charge in [-0.25, -0.2) is 0 Å². The van der Waals surface area contributed by atoms with E-state index in [9.17, 15) is 9.59 Å². The van der Waals surface area contributed by atoms with Crippen LogP contribution < -0.4 is 5.32 Å². The number of H-pyrrole nitrogens is 1. The highest BCUT2D eigenvalue weighted by Gasteiger charge is 2.06. The quantitative estimate of drug-likeness (QED) is 0.678. The summed E-state index contributed by atoms with van der Waals surface area (Å²) in [6, 6.07) is 1.53. The van der Waals surface area contributed by atoms with Crippen LogP contribution in [0, 0.1) is 0 Å². The van der Waals surface area contributed by atoms with Gasteiger partial charge in [0.25, 0.3) is 5.91 Å². The smallest absolute Gasteiger partial charge is 0.267 e. The van der Waals surface area contributed by atoms with Gasteiger partial charge in [-0.15, -0.1) is 0 Å². The summed E-state index contributed by atoms with van der Waals surface area (Å²) in [4.78, 5) is 24.3. The second-order valence-corrected chi connectivity index (χ2v) is 2.72. The number of rotatable bonds is 4. The minimum Gasteiger partial charge on any atom is -0.357 e. The fraction of sp³-hybridized carbons (Fsp3) is 0.333. The van der Waals surface area contributed by atoms with Crippen LogP contribution in [0.1, 0.15) is 34.2 Å². The average Bonchev–Trinajstić information content (AvgIpc) is 2.62. The van der Waals surface area contributed by atoms with E-state index in [1.807, 2.05) is 6.92 Å². The highest BCUT2D eigenvalue weighted by atomic mass is 16.1. The van der Waals surface area contributed by atoms with Crippen molar-refractivity contribution in [2.45, 2.75) is 13.3 Å². The van der Waals surface area contributed by atoms with Crippen LogP contribution in [0.4, 0.5) is 0 Å². The van der Waals surface area contributed by atoms with Crippen molar-refractivity contribution in [1.29, 1.82) is 0 Å². The monoisotopic (exact) mass is 180 g/mol. The van der Waals surface area contributed by atoms with Crippen molar-refractivity contribution < 1.29 is 9.59 Å². The molecule has 4 heteroatoms. The molecule has 0 aliphatic rings. The highest BCUT2D eigenvalue weighted by Crippen LogP contribution is 2.00. The number of aldehydes is 1. The summed E-state index contributed by atoms with van der Waals surface area (Å²) in [5.74, 6) is -0.171. The standard InChI is InChI=1S/C9H12N2O2/c1-2-3-10-9(13)8-4-7(6-12)5-11-8/h4-6,11H,2-3H2,1H3,(H,10,13). The third-order valence-electron chi connectivity index (χ3n) is 1.62. The second-order valence-electron chi connectivity index (χ2n) is 2.72. The first-order valence-corrected chi connectivity index (χ1v) is 4.19. The molecule has 13 heavy (non-hydrogen) atoms. The molecule has 4 nitrogen and oxygen atoms in total. The molecule has 1 aromatic rings. The van der Waals surface area contributed by atoms with Gasteiger partial charge >= 0.3 is 0 Å². The molecule has 2 N–H and O–H groups in total. The lowest BCUT2D eigenvalue weighted by Crippen LogP contribution is -2.24. The molecule has 0 bridgehead atoms. The van der Waals surface area contributed by atoms with Gasteiger partial charge in [0.1, 0.15) is 5.69 Å². The Morgan fingerprint density at radius 2 is 2.46 bits per heavy atom. The maximum Gasteiger partial charge on any atom is 0.267 e. The van der Waals surface area contributed by atoms with Gasteiger partial charge in [-0.1, -0.05) is 6.92 Å². The summed E-state index contributed by atoms with van der Waals surface area (Å²) in [6.45, 7) is 2.63. The lowest BCUT2D eigenvalue weighted by molar-refractivity contribution is 0.0949. The molecule has 0 saturated heterocycles. The van der Waals surface area contributed by atoms with Crippen LogP contribution in [0.3, 0.4) is 0 Å². The zero-order valence-corrected chi connectivity index (χ0v) is 7.46. The molecule has 0 aliphatic heterocycles. The van der Waals surface area contributed by atoms with E-state index in [0.29, 0.717) is 24.1 Å². The molecule has 0 radical (unpaired) electrons. The Labute approximate surface area is 76.3 Å². The van der Waals surface area contributed by atoms with Crippen molar-refractivity contribution in [3.8, 4) is 0 Å². The Morgan fingerprint density at radius 1 is 1.69 bits per heavy atom. The van der Waals surface area contributed by atoms with Crippen LogP contribution in [0.25, 0.3) is 0 Å². The molecule has 0 aliphatic carbocycles. The zero-order chi connectivity index (χ0) is 9.68. The SMILES string of the molecule is CCCNC(=O)c1cc(C=O)c[nH]1. The van der Waals surface area contributed by atoms with Gasteiger partial charge < -0.3 is 10.3 Å². The zero-order valence-electron chi connectivity index (χ0n) is 7.46. The third-order valence-corrected chi connectivity index (χ3v) is 1.62. The third kappa shape index (κ3) is 2.43. The average molecular weight is 180 g/mol. The molecule has 70 valence electrons.